The lowest BCUT2D eigenvalue weighted by atomic mass is 10.1. The molecule has 19 heavy (non-hydrogen) atoms. The number of nitrogens with zero attached hydrogens (tertiary/aromatic N) is 3. The van der Waals surface area contributed by atoms with Crippen LogP contribution in [0.5, 0.6) is 0 Å². The molecule has 6 heteroatoms. The zero-order valence-electron chi connectivity index (χ0n) is 11.1. The molecule has 0 radical (unpaired) electrons. The number of hydrogen-bond acceptors (Lipinski definition) is 6. The van der Waals surface area contributed by atoms with Crippen molar-refractivity contribution in [2.24, 2.45) is 5.84 Å². The van der Waals surface area contributed by atoms with Gasteiger partial charge in [0, 0.05) is 23.5 Å². The molecule has 0 bridgehead atoms. The van der Waals surface area contributed by atoms with E-state index in [-0.39, 0.29) is 0 Å². The minimum absolute atomic E-state index is 0.707. The van der Waals surface area contributed by atoms with Gasteiger partial charge in [0.1, 0.15) is 17.5 Å². The van der Waals surface area contributed by atoms with Gasteiger partial charge in [0.15, 0.2) is 0 Å². The lowest BCUT2D eigenvalue weighted by Gasteiger charge is -2.29. The summed E-state index contributed by atoms with van der Waals surface area (Å²) in [4.78, 5) is 12.7. The molecule has 0 saturated heterocycles. The summed E-state index contributed by atoms with van der Waals surface area (Å²) in [6.07, 6.45) is 1.08. The van der Waals surface area contributed by atoms with Crippen molar-refractivity contribution in [1.29, 1.82) is 0 Å². The first-order valence-electron chi connectivity index (χ1n) is 6.31. The van der Waals surface area contributed by atoms with E-state index in [1.807, 2.05) is 25.2 Å². The number of aryl methyl sites for hydroxylation is 1. The van der Waals surface area contributed by atoms with Gasteiger partial charge >= 0.3 is 0 Å². The fourth-order valence-corrected chi connectivity index (χ4v) is 3.38. The molecule has 5 nitrogen and oxygen atoms in total. The largest absolute Gasteiger partial charge is 0.351 e. The summed E-state index contributed by atoms with van der Waals surface area (Å²) in [6.45, 7) is 5.81. The average Bonchev–Trinajstić information content (AvgIpc) is 2.88. The van der Waals surface area contributed by atoms with Crippen LogP contribution in [-0.4, -0.2) is 16.5 Å². The molecule has 1 aliphatic heterocycles. The van der Waals surface area contributed by atoms with Crippen molar-refractivity contribution in [3.05, 3.63) is 33.3 Å². The number of nitrogen functional groups attached to an aromatic ring is 1. The van der Waals surface area contributed by atoms with E-state index in [1.54, 1.807) is 0 Å². The van der Waals surface area contributed by atoms with E-state index in [1.165, 1.54) is 10.4 Å². The highest BCUT2D eigenvalue weighted by molar-refractivity contribution is 7.10. The van der Waals surface area contributed by atoms with Crippen molar-refractivity contribution in [3.63, 3.8) is 0 Å². The average molecular weight is 275 g/mol. The number of aromatic nitrogens is 2. The van der Waals surface area contributed by atoms with Gasteiger partial charge in [-0.3, -0.25) is 0 Å². The van der Waals surface area contributed by atoms with Gasteiger partial charge in [0.2, 0.25) is 0 Å². The fourth-order valence-electron chi connectivity index (χ4n) is 2.49. The second-order valence-electron chi connectivity index (χ2n) is 4.75. The van der Waals surface area contributed by atoms with Crippen LogP contribution in [0.1, 0.15) is 21.8 Å². The summed E-state index contributed by atoms with van der Waals surface area (Å²) in [6, 6.07) is 2.21. The quantitative estimate of drug-likeness (QED) is 0.648. The van der Waals surface area contributed by atoms with Crippen LogP contribution in [-0.2, 0) is 13.0 Å². The highest BCUT2D eigenvalue weighted by atomic mass is 32.1. The molecule has 0 fully saturated rings. The first kappa shape index (κ1) is 12.4. The van der Waals surface area contributed by atoms with Crippen molar-refractivity contribution in [3.8, 4) is 0 Å². The fraction of sp³-hybridized carbons (Fsp3) is 0.385. The third-order valence-electron chi connectivity index (χ3n) is 3.48. The Balaban J connectivity index is 1.97. The number of nitrogens with two attached hydrogens (primary N) is 1. The number of rotatable bonds is 2. The summed E-state index contributed by atoms with van der Waals surface area (Å²) >= 11 is 1.85. The van der Waals surface area contributed by atoms with Crippen LogP contribution < -0.4 is 16.2 Å². The number of hydrogen-bond donors (Lipinski definition) is 2. The Morgan fingerprint density at radius 1 is 1.37 bits per heavy atom. The Kier molecular flexibility index (Phi) is 3.12. The van der Waals surface area contributed by atoms with Gasteiger partial charge in [0.05, 0.1) is 0 Å². The van der Waals surface area contributed by atoms with Crippen molar-refractivity contribution in [2.75, 3.05) is 16.9 Å². The molecule has 0 aromatic carbocycles. The number of fused-ring (bicyclic) bond motifs is 1. The second-order valence-corrected chi connectivity index (χ2v) is 5.75. The van der Waals surface area contributed by atoms with Gasteiger partial charge < -0.3 is 10.3 Å². The monoisotopic (exact) mass is 275 g/mol. The lowest BCUT2D eigenvalue weighted by molar-refractivity contribution is 0.724. The van der Waals surface area contributed by atoms with Crippen LogP contribution in [0.4, 0.5) is 11.6 Å². The Morgan fingerprint density at radius 2 is 2.21 bits per heavy atom. The zero-order valence-corrected chi connectivity index (χ0v) is 11.9. The molecule has 3 heterocycles. The molecule has 0 saturated carbocycles. The Hall–Kier alpha value is -1.66. The normalized spacial score (nSPS) is 14.4. The van der Waals surface area contributed by atoms with Crippen LogP contribution in [0, 0.1) is 13.8 Å². The number of nitrogens with one attached hydrogen (secondary N) is 1. The summed E-state index contributed by atoms with van der Waals surface area (Å²) in [5.41, 5.74) is 5.07. The van der Waals surface area contributed by atoms with E-state index in [2.05, 4.69) is 31.7 Å². The van der Waals surface area contributed by atoms with Crippen LogP contribution in [0.2, 0.25) is 0 Å². The van der Waals surface area contributed by atoms with Crippen LogP contribution in [0.15, 0.2) is 11.4 Å². The first-order chi connectivity index (χ1) is 9.19. The van der Waals surface area contributed by atoms with Gasteiger partial charge in [0.25, 0.3) is 0 Å². The van der Waals surface area contributed by atoms with E-state index >= 15 is 0 Å². The standard InChI is InChI=1S/C13H17N5S/c1-8-12(17-14)15-9(2)16-13(8)18-5-3-11-10(7-18)4-6-19-11/h4,6H,3,5,7,14H2,1-2H3,(H,15,16,17). The molecule has 0 amide bonds. The maximum atomic E-state index is 5.52. The molecule has 3 rings (SSSR count). The topological polar surface area (TPSA) is 67.1 Å². The zero-order chi connectivity index (χ0) is 13.4. The molecular weight excluding hydrogens is 258 g/mol. The Labute approximate surface area is 116 Å². The third-order valence-corrected chi connectivity index (χ3v) is 4.50. The summed E-state index contributed by atoms with van der Waals surface area (Å²) < 4.78 is 0. The smallest absolute Gasteiger partial charge is 0.148 e. The molecule has 1 aliphatic rings. The van der Waals surface area contributed by atoms with Crippen LogP contribution in [0.3, 0.4) is 0 Å². The van der Waals surface area contributed by atoms with Crippen molar-refractivity contribution in [1.82, 2.24) is 9.97 Å². The second kappa shape index (κ2) is 4.79. The summed E-state index contributed by atoms with van der Waals surface area (Å²) in [5.74, 6) is 7.95. The molecule has 0 unspecified atom stereocenters. The summed E-state index contributed by atoms with van der Waals surface area (Å²) in [5, 5.41) is 2.17. The van der Waals surface area contributed by atoms with Crippen molar-refractivity contribution >= 4 is 23.0 Å². The Morgan fingerprint density at radius 3 is 3.00 bits per heavy atom. The Bertz CT molecular complexity index is 607. The molecule has 2 aromatic rings. The van der Waals surface area contributed by atoms with Gasteiger partial charge in [-0.15, -0.1) is 11.3 Å². The molecule has 3 N–H and O–H groups in total. The first-order valence-corrected chi connectivity index (χ1v) is 7.19. The lowest BCUT2D eigenvalue weighted by Crippen LogP contribution is -2.31. The molecular formula is C13H17N5S. The van der Waals surface area contributed by atoms with Crippen LogP contribution >= 0.6 is 11.3 Å². The molecule has 0 aliphatic carbocycles. The van der Waals surface area contributed by atoms with E-state index < -0.39 is 0 Å². The number of thiophene rings is 1. The predicted octanol–water partition coefficient (Wildman–Crippen LogP) is 2.00. The van der Waals surface area contributed by atoms with Gasteiger partial charge in [-0.2, -0.15) is 0 Å². The molecule has 2 aromatic heterocycles. The summed E-state index contributed by atoms with van der Waals surface area (Å²) in [7, 11) is 0. The van der Waals surface area contributed by atoms with Gasteiger partial charge in [-0.05, 0) is 37.3 Å². The highest BCUT2D eigenvalue weighted by Gasteiger charge is 2.21. The molecule has 100 valence electrons. The van der Waals surface area contributed by atoms with E-state index in [0.717, 1.165) is 36.7 Å². The molecule has 0 spiro atoms. The van der Waals surface area contributed by atoms with Crippen LogP contribution in [0.25, 0.3) is 0 Å². The van der Waals surface area contributed by atoms with E-state index in [9.17, 15) is 0 Å². The number of anilines is 2. The SMILES string of the molecule is Cc1nc(NN)c(C)c(N2CCc3sccc3C2)n1. The van der Waals surface area contributed by atoms with E-state index in [4.69, 9.17) is 5.84 Å². The van der Waals surface area contributed by atoms with Crippen molar-refractivity contribution in [2.45, 2.75) is 26.8 Å². The minimum atomic E-state index is 0.707. The highest BCUT2D eigenvalue weighted by Crippen LogP contribution is 2.30. The van der Waals surface area contributed by atoms with Gasteiger partial charge in [-0.25, -0.2) is 15.8 Å². The minimum Gasteiger partial charge on any atom is -0.351 e. The van der Waals surface area contributed by atoms with Crippen molar-refractivity contribution < 1.29 is 0 Å². The molecule has 0 atom stereocenters. The predicted molar refractivity (Wildman–Crippen MR) is 78.4 cm³/mol. The maximum Gasteiger partial charge on any atom is 0.148 e. The van der Waals surface area contributed by atoms with Gasteiger partial charge in [-0.1, -0.05) is 0 Å². The van der Waals surface area contributed by atoms with E-state index in [0.29, 0.717) is 5.82 Å². The third kappa shape index (κ3) is 2.17. The maximum absolute atomic E-state index is 5.52. The number of hydrazine groups is 1.